The predicted octanol–water partition coefficient (Wildman–Crippen LogP) is 1.51. The van der Waals surface area contributed by atoms with Crippen LogP contribution in [0.3, 0.4) is 0 Å². The van der Waals surface area contributed by atoms with E-state index in [0.717, 1.165) is 57.2 Å². The normalized spacial score (nSPS) is 19.6. The van der Waals surface area contributed by atoms with Crippen molar-refractivity contribution >= 4 is 0 Å². The molecule has 2 aromatic rings. The van der Waals surface area contributed by atoms with Gasteiger partial charge in [-0.2, -0.15) is 10.1 Å². The lowest BCUT2D eigenvalue weighted by atomic mass is 10.2. The van der Waals surface area contributed by atoms with Gasteiger partial charge in [0.25, 0.3) is 0 Å². The molecule has 120 valence electrons. The molecule has 1 saturated heterocycles. The van der Waals surface area contributed by atoms with Gasteiger partial charge in [0.1, 0.15) is 0 Å². The Hall–Kier alpha value is -1.73. The minimum Gasteiger partial charge on any atom is -0.374 e. The smallest absolute Gasteiger partial charge is 0.226 e. The molecular formula is C15H23N5O2. The zero-order valence-electron chi connectivity index (χ0n) is 13.0. The summed E-state index contributed by atoms with van der Waals surface area (Å²) in [5.41, 5.74) is 0. The minimum absolute atomic E-state index is 0.153. The number of aromatic nitrogens is 4. The van der Waals surface area contributed by atoms with Crippen LogP contribution in [-0.4, -0.2) is 50.6 Å². The molecule has 3 rings (SSSR count). The van der Waals surface area contributed by atoms with Crippen LogP contribution >= 0.6 is 0 Å². The van der Waals surface area contributed by atoms with Gasteiger partial charge < -0.3 is 9.26 Å². The van der Waals surface area contributed by atoms with E-state index >= 15 is 0 Å². The highest BCUT2D eigenvalue weighted by Gasteiger charge is 2.22. The number of hydrogen-bond acceptors (Lipinski definition) is 6. The highest BCUT2D eigenvalue weighted by Crippen LogP contribution is 2.11. The minimum atomic E-state index is 0.153. The monoisotopic (exact) mass is 305 g/mol. The SMILES string of the molecule is CCCCc1nc(CN2CCO[C@H](Cn3cccn3)C2)no1. The van der Waals surface area contributed by atoms with Gasteiger partial charge in [0.15, 0.2) is 5.82 Å². The molecule has 0 spiro atoms. The van der Waals surface area contributed by atoms with Crippen LogP contribution in [0.4, 0.5) is 0 Å². The molecule has 1 aliphatic rings. The number of unbranched alkanes of at least 4 members (excludes halogenated alkanes) is 1. The summed E-state index contributed by atoms with van der Waals surface area (Å²) in [5.74, 6) is 1.52. The first kappa shape index (κ1) is 15.2. The highest BCUT2D eigenvalue weighted by atomic mass is 16.5. The van der Waals surface area contributed by atoms with Crippen molar-refractivity contribution in [1.29, 1.82) is 0 Å². The van der Waals surface area contributed by atoms with Crippen LogP contribution in [0.5, 0.6) is 0 Å². The lowest BCUT2D eigenvalue weighted by molar-refractivity contribution is -0.0410. The number of morpholine rings is 1. The van der Waals surface area contributed by atoms with Crippen LogP contribution in [0.25, 0.3) is 0 Å². The van der Waals surface area contributed by atoms with E-state index in [1.165, 1.54) is 0 Å². The van der Waals surface area contributed by atoms with Crippen LogP contribution in [0.1, 0.15) is 31.5 Å². The molecule has 0 bridgehead atoms. The van der Waals surface area contributed by atoms with Crippen molar-refractivity contribution in [2.24, 2.45) is 0 Å². The van der Waals surface area contributed by atoms with Crippen molar-refractivity contribution in [3.05, 3.63) is 30.2 Å². The maximum absolute atomic E-state index is 5.81. The fraction of sp³-hybridized carbons (Fsp3) is 0.667. The Morgan fingerprint density at radius 1 is 1.41 bits per heavy atom. The van der Waals surface area contributed by atoms with Gasteiger partial charge in [-0.25, -0.2) is 0 Å². The Bertz CT molecular complexity index is 554. The molecule has 0 aromatic carbocycles. The fourth-order valence-corrected chi connectivity index (χ4v) is 2.64. The van der Waals surface area contributed by atoms with E-state index in [1.54, 1.807) is 6.20 Å². The van der Waals surface area contributed by atoms with E-state index in [9.17, 15) is 0 Å². The van der Waals surface area contributed by atoms with Crippen LogP contribution in [0, 0.1) is 0 Å². The van der Waals surface area contributed by atoms with Gasteiger partial charge in [-0.1, -0.05) is 18.5 Å². The second-order valence-electron chi connectivity index (χ2n) is 5.66. The lowest BCUT2D eigenvalue weighted by Gasteiger charge is -2.31. The van der Waals surface area contributed by atoms with Crippen molar-refractivity contribution in [2.45, 2.75) is 45.4 Å². The zero-order chi connectivity index (χ0) is 15.2. The van der Waals surface area contributed by atoms with E-state index in [-0.39, 0.29) is 6.10 Å². The number of hydrogen-bond donors (Lipinski definition) is 0. The molecule has 0 amide bonds. The molecule has 0 aliphatic carbocycles. The second kappa shape index (κ2) is 7.51. The topological polar surface area (TPSA) is 69.2 Å². The van der Waals surface area contributed by atoms with Crippen LogP contribution < -0.4 is 0 Å². The Morgan fingerprint density at radius 2 is 2.36 bits per heavy atom. The maximum Gasteiger partial charge on any atom is 0.226 e. The highest BCUT2D eigenvalue weighted by molar-refractivity contribution is 4.88. The van der Waals surface area contributed by atoms with Crippen molar-refractivity contribution in [3.8, 4) is 0 Å². The van der Waals surface area contributed by atoms with E-state index in [1.807, 2.05) is 16.9 Å². The predicted molar refractivity (Wildman–Crippen MR) is 80.2 cm³/mol. The van der Waals surface area contributed by atoms with Crippen LogP contribution in [0.15, 0.2) is 23.0 Å². The second-order valence-corrected chi connectivity index (χ2v) is 5.66. The summed E-state index contributed by atoms with van der Waals surface area (Å²) >= 11 is 0. The van der Waals surface area contributed by atoms with Gasteiger partial charge >= 0.3 is 0 Å². The maximum atomic E-state index is 5.81. The van der Waals surface area contributed by atoms with Crippen molar-refractivity contribution in [3.63, 3.8) is 0 Å². The third-order valence-corrected chi connectivity index (χ3v) is 3.79. The Kier molecular flexibility index (Phi) is 5.18. The van der Waals surface area contributed by atoms with Gasteiger partial charge in [-0.15, -0.1) is 0 Å². The average molecular weight is 305 g/mol. The van der Waals surface area contributed by atoms with E-state index in [4.69, 9.17) is 9.26 Å². The van der Waals surface area contributed by atoms with E-state index < -0.39 is 0 Å². The third-order valence-electron chi connectivity index (χ3n) is 3.79. The van der Waals surface area contributed by atoms with E-state index in [2.05, 4.69) is 27.1 Å². The van der Waals surface area contributed by atoms with Gasteiger partial charge in [0.05, 0.1) is 25.8 Å². The summed E-state index contributed by atoms with van der Waals surface area (Å²) in [7, 11) is 0. The number of aryl methyl sites for hydroxylation is 1. The summed E-state index contributed by atoms with van der Waals surface area (Å²) in [6.45, 7) is 6.14. The summed E-state index contributed by atoms with van der Waals surface area (Å²) in [6, 6.07) is 1.93. The van der Waals surface area contributed by atoms with Crippen LogP contribution in [-0.2, 0) is 24.2 Å². The molecule has 22 heavy (non-hydrogen) atoms. The van der Waals surface area contributed by atoms with Crippen molar-refractivity contribution in [2.75, 3.05) is 19.7 Å². The molecule has 3 heterocycles. The molecule has 7 nitrogen and oxygen atoms in total. The lowest BCUT2D eigenvalue weighted by Crippen LogP contribution is -2.43. The standard InChI is InChI=1S/C15H23N5O2/c1-2-3-5-15-17-14(18-22-15)12-19-8-9-21-13(10-19)11-20-7-4-6-16-20/h4,6-7,13H,2-3,5,8-12H2,1H3/t13-/m0/s1. The summed E-state index contributed by atoms with van der Waals surface area (Å²) < 4.78 is 13.0. The Labute approximate surface area is 130 Å². The molecule has 1 atom stereocenters. The Morgan fingerprint density at radius 3 is 3.18 bits per heavy atom. The average Bonchev–Trinajstić information content (AvgIpc) is 3.17. The van der Waals surface area contributed by atoms with Crippen molar-refractivity contribution < 1.29 is 9.26 Å². The molecule has 0 N–H and O–H groups in total. The summed E-state index contributed by atoms with van der Waals surface area (Å²) in [5, 5.41) is 8.31. The molecule has 1 fully saturated rings. The first-order chi connectivity index (χ1) is 10.8. The first-order valence-corrected chi connectivity index (χ1v) is 7.96. The van der Waals surface area contributed by atoms with Crippen LogP contribution in [0.2, 0.25) is 0 Å². The van der Waals surface area contributed by atoms with Gasteiger partial charge in [0, 0.05) is 31.9 Å². The third kappa shape index (κ3) is 4.14. The van der Waals surface area contributed by atoms with Gasteiger partial charge in [-0.05, 0) is 12.5 Å². The van der Waals surface area contributed by atoms with Gasteiger partial charge in [-0.3, -0.25) is 9.58 Å². The molecule has 0 radical (unpaired) electrons. The van der Waals surface area contributed by atoms with Gasteiger partial charge in [0.2, 0.25) is 5.89 Å². The summed E-state index contributed by atoms with van der Waals surface area (Å²) in [6.07, 6.45) is 7.00. The molecule has 0 saturated carbocycles. The molecule has 0 unspecified atom stereocenters. The molecule has 2 aromatic heterocycles. The van der Waals surface area contributed by atoms with E-state index in [0.29, 0.717) is 6.54 Å². The van der Waals surface area contributed by atoms with Crippen molar-refractivity contribution in [1.82, 2.24) is 24.8 Å². The number of ether oxygens (including phenoxy) is 1. The largest absolute Gasteiger partial charge is 0.374 e. The molecule has 7 heteroatoms. The molecule has 1 aliphatic heterocycles. The zero-order valence-corrected chi connectivity index (χ0v) is 13.0. The summed E-state index contributed by atoms with van der Waals surface area (Å²) in [4.78, 5) is 6.78. The fourth-order valence-electron chi connectivity index (χ4n) is 2.64. The Balaban J connectivity index is 1.50. The number of nitrogens with zero attached hydrogens (tertiary/aromatic N) is 5. The number of rotatable bonds is 7. The quantitative estimate of drug-likeness (QED) is 0.772. The molecular weight excluding hydrogens is 282 g/mol. The first-order valence-electron chi connectivity index (χ1n) is 7.96.